The monoisotopic (exact) mass is 427 g/mol. The molecule has 0 bridgehead atoms. The second kappa shape index (κ2) is 11.6. The number of aryl methyl sites for hydroxylation is 1. The average Bonchev–Trinajstić information content (AvgIpc) is 2.78. The minimum atomic E-state index is 0.216. The van der Waals surface area contributed by atoms with Crippen molar-refractivity contribution in [2.75, 3.05) is 57.4 Å². The molecule has 0 atom stereocenters. The van der Waals surface area contributed by atoms with Crippen LogP contribution in [0.1, 0.15) is 30.7 Å². The van der Waals surface area contributed by atoms with E-state index in [-0.39, 0.29) is 5.75 Å². The van der Waals surface area contributed by atoms with Crippen molar-refractivity contribution in [3.8, 4) is 11.8 Å². The molecule has 0 unspecified atom stereocenters. The van der Waals surface area contributed by atoms with Crippen LogP contribution >= 0.6 is 0 Å². The van der Waals surface area contributed by atoms with Crippen LogP contribution in [0.3, 0.4) is 0 Å². The van der Waals surface area contributed by atoms with Gasteiger partial charge in [0.15, 0.2) is 0 Å². The predicted molar refractivity (Wildman–Crippen MR) is 122 cm³/mol. The second-order valence-corrected chi connectivity index (χ2v) is 7.51. The zero-order valence-corrected chi connectivity index (χ0v) is 18.8. The van der Waals surface area contributed by atoms with Gasteiger partial charge < -0.3 is 19.5 Å². The van der Waals surface area contributed by atoms with E-state index in [1.54, 1.807) is 12.3 Å². The Bertz CT molecular complexity index is 864. The maximum atomic E-state index is 10.0. The summed E-state index contributed by atoms with van der Waals surface area (Å²) >= 11 is 0. The molecule has 168 valence electrons. The van der Waals surface area contributed by atoms with Crippen LogP contribution in [-0.2, 0) is 11.3 Å². The van der Waals surface area contributed by atoms with Crippen LogP contribution in [0, 0.1) is 6.92 Å². The Hall–Kier alpha value is -2.71. The average molecular weight is 428 g/mol. The molecule has 1 N–H and O–H groups in total. The van der Waals surface area contributed by atoms with Gasteiger partial charge in [0.05, 0.1) is 25.5 Å². The van der Waals surface area contributed by atoms with Crippen LogP contribution in [-0.4, -0.2) is 78.7 Å². The topological polar surface area (TPSA) is 83.3 Å². The van der Waals surface area contributed by atoms with Gasteiger partial charge in [0, 0.05) is 50.6 Å². The fourth-order valence-corrected chi connectivity index (χ4v) is 3.42. The van der Waals surface area contributed by atoms with E-state index in [0.717, 1.165) is 63.0 Å². The molecular weight excluding hydrogens is 394 g/mol. The molecule has 2 aromatic rings. The molecule has 0 spiro atoms. The number of hydrogen-bond donors (Lipinski definition) is 1. The number of ether oxygens (including phenoxy) is 2. The number of aromatic hydroxyl groups is 1. The molecule has 0 saturated carbocycles. The van der Waals surface area contributed by atoms with Crippen molar-refractivity contribution in [1.29, 1.82) is 0 Å². The summed E-state index contributed by atoms with van der Waals surface area (Å²) < 4.78 is 11.3. The Kier molecular flexibility index (Phi) is 8.61. The molecule has 1 fully saturated rings. The van der Waals surface area contributed by atoms with E-state index in [1.165, 1.54) is 0 Å². The summed E-state index contributed by atoms with van der Waals surface area (Å²) in [5.74, 6) is 1.05. The number of rotatable bonds is 10. The first kappa shape index (κ1) is 23.0. The van der Waals surface area contributed by atoms with Crippen LogP contribution in [0.4, 0.5) is 5.82 Å². The van der Waals surface area contributed by atoms with E-state index < -0.39 is 0 Å². The van der Waals surface area contributed by atoms with Gasteiger partial charge in [-0.25, -0.2) is 0 Å². The first-order valence-electron chi connectivity index (χ1n) is 10.9. The van der Waals surface area contributed by atoms with Crippen LogP contribution < -0.4 is 9.64 Å². The van der Waals surface area contributed by atoms with E-state index in [9.17, 15) is 5.11 Å². The number of phenolic OH excluding ortho intramolecular Hbond substituents is 1. The van der Waals surface area contributed by atoms with Gasteiger partial charge in [-0.3, -0.25) is 9.89 Å². The van der Waals surface area contributed by atoms with E-state index >= 15 is 0 Å². The molecule has 31 heavy (non-hydrogen) atoms. The summed E-state index contributed by atoms with van der Waals surface area (Å²) in [7, 11) is 0. The standard InChI is InChI=1S/C23H33N5O3/c1-4-28(5-2)22-15-20(17-24-16-19-14-18(3)6-7-21(19)29)25-23(26-22)31-13-10-27-8-11-30-12-9-27/h6-7,14-16,29H,4-5,8-13,17H2,1-3H3. The summed E-state index contributed by atoms with van der Waals surface area (Å²) in [5, 5.41) is 10.0. The maximum Gasteiger partial charge on any atom is 0.318 e. The molecule has 1 aliphatic heterocycles. The summed E-state index contributed by atoms with van der Waals surface area (Å²) in [6, 6.07) is 7.78. The highest BCUT2D eigenvalue weighted by molar-refractivity contribution is 5.83. The highest BCUT2D eigenvalue weighted by Crippen LogP contribution is 2.19. The molecule has 8 nitrogen and oxygen atoms in total. The van der Waals surface area contributed by atoms with Crippen LogP contribution in [0.25, 0.3) is 0 Å². The van der Waals surface area contributed by atoms with Crippen LogP contribution in [0.2, 0.25) is 0 Å². The number of aliphatic imine (C=N–C) groups is 1. The summed E-state index contributed by atoms with van der Waals surface area (Å²) in [5.41, 5.74) is 2.54. The van der Waals surface area contributed by atoms with Crippen molar-refractivity contribution in [3.63, 3.8) is 0 Å². The van der Waals surface area contributed by atoms with Gasteiger partial charge in [0.25, 0.3) is 0 Å². The van der Waals surface area contributed by atoms with Gasteiger partial charge in [-0.15, -0.1) is 0 Å². The summed E-state index contributed by atoms with van der Waals surface area (Å²) in [6.45, 7) is 13.0. The van der Waals surface area contributed by atoms with E-state index in [1.807, 2.05) is 25.1 Å². The Labute approximate surface area is 184 Å². The van der Waals surface area contributed by atoms with Crippen molar-refractivity contribution in [3.05, 3.63) is 41.1 Å². The van der Waals surface area contributed by atoms with Gasteiger partial charge in [0.1, 0.15) is 18.2 Å². The van der Waals surface area contributed by atoms with Crippen LogP contribution in [0.5, 0.6) is 11.8 Å². The second-order valence-electron chi connectivity index (χ2n) is 7.51. The summed E-state index contributed by atoms with van der Waals surface area (Å²) in [4.78, 5) is 18.1. The fraction of sp³-hybridized carbons (Fsp3) is 0.522. The van der Waals surface area contributed by atoms with Gasteiger partial charge in [-0.1, -0.05) is 11.6 Å². The quantitative estimate of drug-likeness (QED) is 0.584. The number of benzene rings is 1. The predicted octanol–water partition coefficient (Wildman–Crippen LogP) is 2.67. The summed E-state index contributed by atoms with van der Waals surface area (Å²) in [6.07, 6.45) is 1.68. The lowest BCUT2D eigenvalue weighted by Gasteiger charge is -2.26. The molecule has 1 saturated heterocycles. The van der Waals surface area contributed by atoms with Gasteiger partial charge >= 0.3 is 6.01 Å². The minimum Gasteiger partial charge on any atom is -0.507 e. The van der Waals surface area contributed by atoms with E-state index in [4.69, 9.17) is 9.47 Å². The number of hydrogen-bond acceptors (Lipinski definition) is 8. The maximum absolute atomic E-state index is 10.0. The molecule has 3 rings (SSSR count). The van der Waals surface area contributed by atoms with Crippen molar-refractivity contribution >= 4 is 12.0 Å². The first-order chi connectivity index (χ1) is 15.1. The molecule has 1 aromatic carbocycles. The lowest BCUT2D eigenvalue weighted by atomic mass is 10.1. The smallest absolute Gasteiger partial charge is 0.318 e. The van der Waals surface area contributed by atoms with Crippen LogP contribution in [0.15, 0.2) is 29.3 Å². The molecule has 1 aliphatic rings. The highest BCUT2D eigenvalue weighted by atomic mass is 16.5. The lowest BCUT2D eigenvalue weighted by molar-refractivity contribution is 0.0317. The van der Waals surface area contributed by atoms with Crippen molar-refractivity contribution in [2.24, 2.45) is 4.99 Å². The van der Waals surface area contributed by atoms with Gasteiger partial charge in [0.2, 0.25) is 0 Å². The number of anilines is 1. The molecule has 0 amide bonds. The van der Waals surface area contributed by atoms with Crippen molar-refractivity contribution in [2.45, 2.75) is 27.3 Å². The number of phenols is 1. The molecular formula is C23H33N5O3. The third-order valence-electron chi connectivity index (χ3n) is 5.24. The van der Waals surface area contributed by atoms with Gasteiger partial charge in [-0.05, 0) is 32.9 Å². The third-order valence-corrected chi connectivity index (χ3v) is 5.24. The van der Waals surface area contributed by atoms with E-state index in [0.29, 0.717) is 24.7 Å². The Morgan fingerprint density at radius 3 is 2.71 bits per heavy atom. The Morgan fingerprint density at radius 1 is 1.19 bits per heavy atom. The molecule has 2 heterocycles. The van der Waals surface area contributed by atoms with Crippen molar-refractivity contribution in [1.82, 2.24) is 14.9 Å². The SMILES string of the molecule is CCN(CC)c1cc(CN=Cc2cc(C)ccc2O)nc(OCCN2CCOCC2)n1. The minimum absolute atomic E-state index is 0.216. The molecule has 8 heteroatoms. The lowest BCUT2D eigenvalue weighted by Crippen LogP contribution is -2.38. The number of nitrogens with zero attached hydrogens (tertiary/aromatic N) is 5. The number of morpholine rings is 1. The molecule has 0 radical (unpaired) electrons. The zero-order chi connectivity index (χ0) is 22.1. The van der Waals surface area contributed by atoms with E-state index in [2.05, 4.69) is 38.6 Å². The Balaban J connectivity index is 1.70. The molecule has 0 aliphatic carbocycles. The first-order valence-corrected chi connectivity index (χ1v) is 10.9. The van der Waals surface area contributed by atoms with Crippen molar-refractivity contribution < 1.29 is 14.6 Å². The zero-order valence-electron chi connectivity index (χ0n) is 18.8. The highest BCUT2D eigenvalue weighted by Gasteiger charge is 2.13. The number of aromatic nitrogens is 2. The largest absolute Gasteiger partial charge is 0.507 e. The van der Waals surface area contributed by atoms with Gasteiger partial charge in [-0.2, -0.15) is 9.97 Å². The third kappa shape index (κ3) is 6.90. The molecule has 1 aromatic heterocycles. The normalized spacial score (nSPS) is 14.8. The fourth-order valence-electron chi connectivity index (χ4n) is 3.42. The Morgan fingerprint density at radius 2 is 1.97 bits per heavy atom.